The molecule has 0 bridgehead atoms. The van der Waals surface area contributed by atoms with E-state index in [1.165, 1.54) is 44.6 Å². The Hall–Kier alpha value is -4.42. The van der Waals surface area contributed by atoms with E-state index in [0.29, 0.717) is 21.3 Å². The zero-order chi connectivity index (χ0) is 28.3. The van der Waals surface area contributed by atoms with E-state index in [2.05, 4.69) is 21.2 Å². The molecule has 1 saturated heterocycles. The van der Waals surface area contributed by atoms with E-state index < -0.39 is 22.8 Å². The molecule has 1 heterocycles. The molecule has 1 aliphatic heterocycles. The van der Waals surface area contributed by atoms with Crippen molar-refractivity contribution in [3.8, 4) is 17.2 Å². The molecule has 4 rings (SSSR count). The minimum atomic E-state index is -0.978. The third-order valence-corrected chi connectivity index (χ3v) is 6.40. The summed E-state index contributed by atoms with van der Waals surface area (Å²) in [5.74, 6) is -1.20. The van der Waals surface area contributed by atoms with Crippen molar-refractivity contribution >= 4 is 62.8 Å². The molecule has 1 fully saturated rings. The summed E-state index contributed by atoms with van der Waals surface area (Å²) in [6.45, 7) is 0.0579. The SMILES string of the molecule is COc1cc(N2C(=O)NC(=O)/C(=C\c3cc(Br)ccc3OCc3ccc([N+](=O)[O-])cc3)C2=O)c(OC)cc1Cl. The molecule has 0 unspecified atom stereocenters. The van der Waals surface area contributed by atoms with E-state index in [-0.39, 0.29) is 40.1 Å². The summed E-state index contributed by atoms with van der Waals surface area (Å²) in [5.41, 5.74) is 0.643. The number of nitrogens with zero attached hydrogens (tertiary/aromatic N) is 2. The fourth-order valence-electron chi connectivity index (χ4n) is 3.69. The maximum Gasteiger partial charge on any atom is 0.336 e. The van der Waals surface area contributed by atoms with Gasteiger partial charge in [-0.1, -0.05) is 27.5 Å². The van der Waals surface area contributed by atoms with Crippen molar-refractivity contribution in [2.24, 2.45) is 0 Å². The number of carbonyl (C=O) groups is 3. The molecule has 4 amide bonds. The summed E-state index contributed by atoms with van der Waals surface area (Å²) in [7, 11) is 2.71. The molecule has 0 saturated carbocycles. The molecule has 0 aromatic heterocycles. The monoisotopic (exact) mass is 615 g/mol. The number of methoxy groups -OCH3 is 2. The largest absolute Gasteiger partial charge is 0.495 e. The number of barbiturate groups is 1. The molecule has 1 N–H and O–H groups in total. The first-order valence-corrected chi connectivity index (χ1v) is 12.3. The number of urea groups is 1. The van der Waals surface area contributed by atoms with Crippen LogP contribution in [-0.2, 0) is 16.2 Å². The number of amides is 4. The van der Waals surface area contributed by atoms with Gasteiger partial charge in [-0.15, -0.1) is 0 Å². The number of nitro groups is 1. The highest BCUT2D eigenvalue weighted by atomic mass is 79.9. The van der Waals surface area contributed by atoms with Crippen molar-refractivity contribution in [3.63, 3.8) is 0 Å². The third kappa shape index (κ3) is 5.86. The van der Waals surface area contributed by atoms with Crippen LogP contribution >= 0.6 is 27.5 Å². The predicted molar refractivity (Wildman–Crippen MR) is 145 cm³/mol. The number of nitrogens with one attached hydrogen (secondary N) is 1. The Morgan fingerprint density at radius 2 is 1.69 bits per heavy atom. The Labute approximate surface area is 235 Å². The van der Waals surface area contributed by atoms with Gasteiger partial charge in [0.1, 0.15) is 29.4 Å². The molecule has 13 heteroatoms. The highest BCUT2D eigenvalue weighted by Crippen LogP contribution is 2.39. The molecule has 39 heavy (non-hydrogen) atoms. The van der Waals surface area contributed by atoms with Gasteiger partial charge in [-0.2, -0.15) is 0 Å². The van der Waals surface area contributed by atoms with Gasteiger partial charge < -0.3 is 14.2 Å². The van der Waals surface area contributed by atoms with E-state index in [4.69, 9.17) is 25.8 Å². The molecular formula is C26H19BrClN3O8. The number of non-ortho nitro benzene ring substituents is 1. The second kappa shape index (κ2) is 11.5. The summed E-state index contributed by atoms with van der Waals surface area (Å²) in [6, 6.07) is 12.6. The average molecular weight is 617 g/mol. The first-order chi connectivity index (χ1) is 18.6. The number of anilines is 1. The summed E-state index contributed by atoms with van der Waals surface area (Å²) in [4.78, 5) is 50.2. The van der Waals surface area contributed by atoms with Crippen molar-refractivity contribution < 1.29 is 33.5 Å². The van der Waals surface area contributed by atoms with Crippen molar-refractivity contribution in [2.75, 3.05) is 19.1 Å². The molecule has 11 nitrogen and oxygen atoms in total. The van der Waals surface area contributed by atoms with E-state index >= 15 is 0 Å². The lowest BCUT2D eigenvalue weighted by molar-refractivity contribution is -0.384. The smallest absolute Gasteiger partial charge is 0.336 e. The lowest BCUT2D eigenvalue weighted by atomic mass is 10.1. The van der Waals surface area contributed by atoms with Gasteiger partial charge in [0.25, 0.3) is 17.5 Å². The van der Waals surface area contributed by atoms with Gasteiger partial charge in [-0.3, -0.25) is 25.0 Å². The fraction of sp³-hybridized carbons (Fsp3) is 0.115. The van der Waals surface area contributed by atoms with Gasteiger partial charge >= 0.3 is 6.03 Å². The minimum absolute atomic E-state index is 0.0172. The van der Waals surface area contributed by atoms with Gasteiger partial charge in [0.05, 0.1) is 29.9 Å². The number of nitro benzene ring substituents is 1. The van der Waals surface area contributed by atoms with Gasteiger partial charge in [-0.25, -0.2) is 9.69 Å². The van der Waals surface area contributed by atoms with Crippen LogP contribution in [0.4, 0.5) is 16.2 Å². The lowest BCUT2D eigenvalue weighted by Gasteiger charge is -2.28. The Kier molecular flexibility index (Phi) is 8.17. The normalized spacial score (nSPS) is 14.3. The van der Waals surface area contributed by atoms with Crippen LogP contribution in [0.15, 0.2) is 64.6 Å². The fourth-order valence-corrected chi connectivity index (χ4v) is 4.30. The molecule has 0 atom stereocenters. The van der Waals surface area contributed by atoms with Crippen LogP contribution in [0.5, 0.6) is 17.2 Å². The molecule has 0 spiro atoms. The van der Waals surface area contributed by atoms with Crippen molar-refractivity contribution in [1.29, 1.82) is 0 Å². The van der Waals surface area contributed by atoms with Gasteiger partial charge in [-0.05, 0) is 42.0 Å². The van der Waals surface area contributed by atoms with Crippen LogP contribution in [0.2, 0.25) is 5.02 Å². The highest BCUT2D eigenvalue weighted by molar-refractivity contribution is 9.10. The molecule has 3 aromatic rings. The maximum absolute atomic E-state index is 13.5. The molecule has 0 radical (unpaired) electrons. The number of ether oxygens (including phenoxy) is 3. The van der Waals surface area contributed by atoms with Crippen LogP contribution < -0.4 is 24.4 Å². The van der Waals surface area contributed by atoms with Crippen LogP contribution in [0.25, 0.3) is 6.08 Å². The quantitative estimate of drug-likeness (QED) is 0.156. The Bertz CT molecular complexity index is 1520. The first-order valence-electron chi connectivity index (χ1n) is 11.1. The van der Waals surface area contributed by atoms with Crippen molar-refractivity contribution in [1.82, 2.24) is 5.32 Å². The first kappa shape index (κ1) is 27.6. The van der Waals surface area contributed by atoms with Crippen LogP contribution in [0.1, 0.15) is 11.1 Å². The predicted octanol–water partition coefficient (Wildman–Crippen LogP) is 5.27. The number of imide groups is 2. The van der Waals surface area contributed by atoms with E-state index in [1.54, 1.807) is 30.3 Å². The van der Waals surface area contributed by atoms with E-state index in [1.807, 2.05) is 0 Å². The lowest BCUT2D eigenvalue weighted by Crippen LogP contribution is -2.54. The Morgan fingerprint density at radius 3 is 2.33 bits per heavy atom. The van der Waals surface area contributed by atoms with Crippen molar-refractivity contribution in [3.05, 3.63) is 90.9 Å². The molecule has 3 aromatic carbocycles. The summed E-state index contributed by atoms with van der Waals surface area (Å²) < 4.78 is 17.0. The number of hydrogen-bond acceptors (Lipinski definition) is 8. The van der Waals surface area contributed by atoms with Crippen LogP contribution in [0.3, 0.4) is 0 Å². The molecule has 1 aliphatic rings. The standard InChI is InChI=1S/C26H19BrClN3O8/c1-37-22-12-20(23(38-2)11-19(22)28)30-25(33)18(24(32)29-26(30)34)10-15-9-16(27)5-8-21(15)39-13-14-3-6-17(7-4-14)31(35)36/h3-12H,13H2,1-2H3,(H,29,32,34)/b18-10+. The average Bonchev–Trinajstić information content (AvgIpc) is 2.91. The zero-order valence-electron chi connectivity index (χ0n) is 20.4. The second-order valence-electron chi connectivity index (χ2n) is 8.01. The summed E-state index contributed by atoms with van der Waals surface area (Å²) in [6.07, 6.45) is 1.30. The number of hydrogen-bond donors (Lipinski definition) is 1. The third-order valence-electron chi connectivity index (χ3n) is 5.61. The topological polar surface area (TPSA) is 137 Å². The van der Waals surface area contributed by atoms with Crippen molar-refractivity contribution in [2.45, 2.75) is 6.61 Å². The zero-order valence-corrected chi connectivity index (χ0v) is 22.7. The van der Waals surface area contributed by atoms with E-state index in [0.717, 1.165) is 4.90 Å². The summed E-state index contributed by atoms with van der Waals surface area (Å²) >= 11 is 9.52. The number of halogens is 2. The van der Waals surface area contributed by atoms with Gasteiger partial charge in [0.2, 0.25) is 0 Å². The molecular weight excluding hydrogens is 598 g/mol. The number of benzene rings is 3. The number of carbonyl (C=O) groups excluding carboxylic acids is 3. The van der Waals surface area contributed by atoms with Crippen LogP contribution in [-0.4, -0.2) is 37.0 Å². The highest BCUT2D eigenvalue weighted by Gasteiger charge is 2.39. The van der Waals surface area contributed by atoms with Gasteiger partial charge in [0.15, 0.2) is 0 Å². The molecule has 0 aliphatic carbocycles. The van der Waals surface area contributed by atoms with Gasteiger partial charge in [0, 0.05) is 34.3 Å². The number of rotatable bonds is 8. The Balaban J connectivity index is 1.69. The maximum atomic E-state index is 13.5. The minimum Gasteiger partial charge on any atom is -0.495 e. The van der Waals surface area contributed by atoms with Crippen LogP contribution in [0, 0.1) is 10.1 Å². The second-order valence-corrected chi connectivity index (χ2v) is 9.33. The molecule has 200 valence electrons. The Morgan fingerprint density at radius 1 is 1.00 bits per heavy atom. The summed E-state index contributed by atoms with van der Waals surface area (Å²) in [5, 5.41) is 13.2. The van der Waals surface area contributed by atoms with E-state index in [9.17, 15) is 24.5 Å².